The van der Waals surface area contributed by atoms with Gasteiger partial charge in [-0.15, -0.1) is 0 Å². The summed E-state index contributed by atoms with van der Waals surface area (Å²) in [4.78, 5) is 5.98. The van der Waals surface area contributed by atoms with Crippen LogP contribution in [0.15, 0.2) is 48.7 Å². The van der Waals surface area contributed by atoms with Crippen molar-refractivity contribution in [2.24, 2.45) is 5.92 Å². The van der Waals surface area contributed by atoms with E-state index in [0.717, 1.165) is 18.9 Å². The van der Waals surface area contributed by atoms with Gasteiger partial charge in [0.25, 0.3) is 0 Å². The molecule has 0 N–H and O–H groups in total. The fourth-order valence-corrected chi connectivity index (χ4v) is 5.14. The van der Waals surface area contributed by atoms with Crippen molar-refractivity contribution < 1.29 is 22.3 Å². The summed E-state index contributed by atoms with van der Waals surface area (Å²) in [7, 11) is 0. The Morgan fingerprint density at radius 2 is 1.79 bits per heavy atom. The van der Waals surface area contributed by atoms with Crippen LogP contribution in [0.4, 0.5) is 28.9 Å². The molecule has 1 aromatic heterocycles. The minimum Gasteiger partial charge on any atom is -0.473 e. The molecule has 5 rings (SSSR count). The van der Waals surface area contributed by atoms with Gasteiger partial charge in [-0.05, 0) is 59.7 Å². The van der Waals surface area contributed by atoms with Crippen LogP contribution in [-0.4, -0.2) is 11.5 Å². The molecule has 0 amide bonds. The average Bonchev–Trinajstić information content (AvgIpc) is 3.26. The lowest BCUT2D eigenvalue weighted by atomic mass is 9.86. The van der Waals surface area contributed by atoms with E-state index >= 15 is 4.39 Å². The molecule has 3 aromatic rings. The zero-order valence-electron chi connectivity index (χ0n) is 19.3. The number of nitrogens with zero attached hydrogens (tertiary/aromatic N) is 2. The molecule has 0 bridgehead atoms. The van der Waals surface area contributed by atoms with Gasteiger partial charge in [-0.25, -0.2) is 9.37 Å². The van der Waals surface area contributed by atoms with Crippen LogP contribution in [0.3, 0.4) is 0 Å². The molecule has 178 valence electrons. The summed E-state index contributed by atoms with van der Waals surface area (Å²) < 4.78 is 62.1. The maximum absolute atomic E-state index is 15.1. The van der Waals surface area contributed by atoms with Crippen molar-refractivity contribution in [2.45, 2.75) is 51.8 Å². The number of alkyl halides is 3. The standard InChI is InChI=1S/C27H26F4N2O/c1-16-8-17-11-25(32-13-18(17)9-16)34-14-19-10-24-21(12-22(19)28)26(2,3)15-33(24)23-7-5-4-6-20(23)27(29,30)31/h4-7,10-13,16H,8-9,14-15H2,1-3H3. The fraction of sp³-hybridized carbons (Fsp3) is 0.370. The van der Waals surface area contributed by atoms with Gasteiger partial charge < -0.3 is 9.64 Å². The molecule has 7 heteroatoms. The largest absolute Gasteiger partial charge is 0.473 e. The Kier molecular flexibility index (Phi) is 5.34. The van der Waals surface area contributed by atoms with Crippen molar-refractivity contribution in [1.29, 1.82) is 0 Å². The lowest BCUT2D eigenvalue weighted by molar-refractivity contribution is -0.137. The van der Waals surface area contributed by atoms with Crippen molar-refractivity contribution in [3.05, 3.63) is 82.3 Å². The molecule has 2 heterocycles. The summed E-state index contributed by atoms with van der Waals surface area (Å²) in [6.45, 7) is 6.25. The second kappa shape index (κ2) is 8.00. The molecule has 3 nitrogen and oxygen atoms in total. The van der Waals surface area contributed by atoms with Crippen molar-refractivity contribution in [3.63, 3.8) is 0 Å². The Balaban J connectivity index is 1.48. The normalized spacial score (nSPS) is 18.7. The van der Waals surface area contributed by atoms with Crippen LogP contribution in [-0.2, 0) is 31.0 Å². The first kappa shape index (κ1) is 22.7. The molecule has 2 aliphatic rings. The number of hydrogen-bond donors (Lipinski definition) is 0. The van der Waals surface area contributed by atoms with Gasteiger partial charge >= 0.3 is 6.18 Å². The molecule has 0 saturated carbocycles. The molecular formula is C27H26F4N2O. The third kappa shape index (κ3) is 4.01. The van der Waals surface area contributed by atoms with Crippen molar-refractivity contribution in [3.8, 4) is 5.88 Å². The number of fused-ring (bicyclic) bond motifs is 2. The average molecular weight is 471 g/mol. The van der Waals surface area contributed by atoms with Gasteiger partial charge in [-0.3, -0.25) is 0 Å². The second-order valence-corrected chi connectivity index (χ2v) is 10.0. The highest BCUT2D eigenvalue weighted by Gasteiger charge is 2.41. The maximum Gasteiger partial charge on any atom is 0.418 e. The molecule has 0 spiro atoms. The van der Waals surface area contributed by atoms with Gasteiger partial charge in [0.1, 0.15) is 12.4 Å². The summed E-state index contributed by atoms with van der Waals surface area (Å²) in [5, 5.41) is 0. The lowest BCUT2D eigenvalue weighted by Crippen LogP contribution is -2.26. The number of anilines is 2. The highest BCUT2D eigenvalue weighted by molar-refractivity contribution is 5.75. The monoisotopic (exact) mass is 470 g/mol. The second-order valence-electron chi connectivity index (χ2n) is 10.0. The predicted molar refractivity (Wildman–Crippen MR) is 123 cm³/mol. The number of ether oxygens (including phenoxy) is 1. The van der Waals surface area contributed by atoms with Crippen LogP contribution in [0.1, 0.15) is 48.6 Å². The Morgan fingerprint density at radius 1 is 1.06 bits per heavy atom. The zero-order valence-corrected chi connectivity index (χ0v) is 19.3. The van der Waals surface area contributed by atoms with Gasteiger partial charge in [0.15, 0.2) is 0 Å². The summed E-state index contributed by atoms with van der Waals surface area (Å²) in [5.74, 6) is 0.551. The summed E-state index contributed by atoms with van der Waals surface area (Å²) in [6, 6.07) is 10.5. The Hall–Kier alpha value is -3.09. The number of rotatable bonds is 4. The lowest BCUT2D eigenvalue weighted by Gasteiger charge is -2.25. The molecule has 1 aliphatic heterocycles. The van der Waals surface area contributed by atoms with E-state index in [1.54, 1.807) is 17.0 Å². The quantitative estimate of drug-likeness (QED) is 0.385. The van der Waals surface area contributed by atoms with E-state index < -0.39 is 23.0 Å². The SMILES string of the molecule is CC1Cc2cnc(OCc3cc4c(cc3F)C(C)(C)CN4c3ccccc3C(F)(F)F)cc2C1. The van der Waals surface area contributed by atoms with E-state index in [-0.39, 0.29) is 17.9 Å². The molecule has 0 saturated heterocycles. The van der Waals surface area contributed by atoms with Crippen LogP contribution < -0.4 is 9.64 Å². The van der Waals surface area contributed by atoms with E-state index in [9.17, 15) is 13.2 Å². The third-order valence-corrected chi connectivity index (χ3v) is 6.81. The maximum atomic E-state index is 15.1. The highest BCUT2D eigenvalue weighted by Crippen LogP contribution is 2.48. The summed E-state index contributed by atoms with van der Waals surface area (Å²) in [6.07, 6.45) is -0.727. The summed E-state index contributed by atoms with van der Waals surface area (Å²) in [5.41, 5.74) is 2.77. The first-order valence-corrected chi connectivity index (χ1v) is 11.4. The van der Waals surface area contributed by atoms with Crippen molar-refractivity contribution in [2.75, 3.05) is 11.4 Å². The minimum atomic E-state index is -4.49. The van der Waals surface area contributed by atoms with Crippen LogP contribution in [0.25, 0.3) is 0 Å². The van der Waals surface area contributed by atoms with Gasteiger partial charge in [0.2, 0.25) is 5.88 Å². The van der Waals surface area contributed by atoms with Gasteiger partial charge in [0.05, 0.1) is 11.3 Å². The topological polar surface area (TPSA) is 25.4 Å². The fourth-order valence-electron chi connectivity index (χ4n) is 5.14. The molecule has 0 fully saturated rings. The number of benzene rings is 2. The molecule has 2 aromatic carbocycles. The van der Waals surface area contributed by atoms with E-state index in [0.29, 0.717) is 29.6 Å². The molecule has 0 radical (unpaired) electrons. The summed E-state index contributed by atoms with van der Waals surface area (Å²) >= 11 is 0. The number of pyridine rings is 1. The zero-order chi connectivity index (χ0) is 24.3. The molecular weight excluding hydrogens is 444 g/mol. The Labute approximate surface area is 196 Å². The third-order valence-electron chi connectivity index (χ3n) is 6.81. The molecule has 1 atom stereocenters. The Morgan fingerprint density at radius 3 is 2.56 bits per heavy atom. The van der Waals surface area contributed by atoms with Crippen LogP contribution >= 0.6 is 0 Å². The minimum absolute atomic E-state index is 0.0599. The van der Waals surface area contributed by atoms with Gasteiger partial charge in [-0.1, -0.05) is 32.9 Å². The smallest absolute Gasteiger partial charge is 0.418 e. The van der Waals surface area contributed by atoms with E-state index in [2.05, 4.69) is 11.9 Å². The Bertz CT molecular complexity index is 1250. The molecule has 34 heavy (non-hydrogen) atoms. The highest BCUT2D eigenvalue weighted by atomic mass is 19.4. The van der Waals surface area contributed by atoms with Gasteiger partial charge in [-0.2, -0.15) is 13.2 Å². The number of hydrogen-bond acceptors (Lipinski definition) is 3. The first-order chi connectivity index (χ1) is 16.0. The number of aromatic nitrogens is 1. The van der Waals surface area contributed by atoms with Crippen LogP contribution in [0, 0.1) is 11.7 Å². The van der Waals surface area contributed by atoms with E-state index in [4.69, 9.17) is 4.74 Å². The predicted octanol–water partition coefficient (Wildman–Crippen LogP) is 6.98. The van der Waals surface area contributed by atoms with Crippen LogP contribution in [0.2, 0.25) is 0 Å². The first-order valence-electron chi connectivity index (χ1n) is 11.4. The number of halogens is 4. The molecule has 1 aliphatic carbocycles. The number of para-hydroxylation sites is 1. The van der Waals surface area contributed by atoms with E-state index in [1.165, 1.54) is 29.3 Å². The van der Waals surface area contributed by atoms with Crippen molar-refractivity contribution in [1.82, 2.24) is 4.98 Å². The molecule has 1 unspecified atom stereocenters. The van der Waals surface area contributed by atoms with Gasteiger partial charge in [0, 0.05) is 35.5 Å². The van der Waals surface area contributed by atoms with E-state index in [1.807, 2.05) is 26.1 Å². The van der Waals surface area contributed by atoms with Crippen molar-refractivity contribution >= 4 is 11.4 Å². The van der Waals surface area contributed by atoms with Crippen LogP contribution in [0.5, 0.6) is 5.88 Å².